The van der Waals surface area contributed by atoms with Crippen molar-refractivity contribution in [1.82, 2.24) is 10.6 Å². The standard InChI is InChI=1S/C20H33N3O3.HI/c1-4-21-20(22-12-11-17-6-5-13-25-17)23-14-19(24)16-7-9-18(10-8-16)26-15(2)3;/h7-10,15,17,19,24H,4-6,11-14H2,1-3H3,(H2,21,22,23);1H. The predicted octanol–water partition coefficient (Wildman–Crippen LogP) is 3.25. The van der Waals surface area contributed by atoms with E-state index in [1.807, 2.05) is 45.0 Å². The lowest BCUT2D eigenvalue weighted by atomic mass is 10.1. The van der Waals surface area contributed by atoms with Gasteiger partial charge in [0.2, 0.25) is 0 Å². The number of aliphatic imine (C=N–C) groups is 1. The first-order valence-corrected chi connectivity index (χ1v) is 9.67. The van der Waals surface area contributed by atoms with Crippen LogP contribution in [0, 0.1) is 0 Å². The van der Waals surface area contributed by atoms with Gasteiger partial charge in [0.1, 0.15) is 5.75 Å². The van der Waals surface area contributed by atoms with E-state index in [1.165, 1.54) is 0 Å². The molecule has 0 radical (unpaired) electrons. The molecule has 2 unspecified atom stereocenters. The Balaban J connectivity index is 0.00000364. The molecule has 0 amide bonds. The zero-order chi connectivity index (χ0) is 18.8. The van der Waals surface area contributed by atoms with Gasteiger partial charge in [-0.1, -0.05) is 12.1 Å². The van der Waals surface area contributed by atoms with E-state index in [1.54, 1.807) is 0 Å². The smallest absolute Gasteiger partial charge is 0.191 e. The molecule has 2 rings (SSSR count). The second kappa shape index (κ2) is 13.2. The van der Waals surface area contributed by atoms with Crippen LogP contribution in [-0.4, -0.2) is 49.5 Å². The summed E-state index contributed by atoms with van der Waals surface area (Å²) in [5.74, 6) is 1.54. The number of benzene rings is 1. The molecule has 1 aliphatic heterocycles. The summed E-state index contributed by atoms with van der Waals surface area (Å²) in [4.78, 5) is 4.50. The van der Waals surface area contributed by atoms with Gasteiger partial charge >= 0.3 is 0 Å². The van der Waals surface area contributed by atoms with Crippen LogP contribution in [0.1, 0.15) is 51.7 Å². The molecule has 1 heterocycles. The van der Waals surface area contributed by atoms with Gasteiger partial charge in [0.15, 0.2) is 5.96 Å². The van der Waals surface area contributed by atoms with Crippen molar-refractivity contribution < 1.29 is 14.6 Å². The fraction of sp³-hybridized carbons (Fsp3) is 0.650. The van der Waals surface area contributed by atoms with Crippen molar-refractivity contribution in [2.24, 2.45) is 4.99 Å². The van der Waals surface area contributed by atoms with E-state index in [0.717, 1.165) is 56.2 Å². The van der Waals surface area contributed by atoms with Crippen LogP contribution in [0.3, 0.4) is 0 Å². The summed E-state index contributed by atoms with van der Waals surface area (Å²) in [7, 11) is 0. The number of nitrogens with one attached hydrogen (secondary N) is 2. The van der Waals surface area contributed by atoms with Gasteiger partial charge in [-0.05, 0) is 57.7 Å². The molecule has 1 saturated heterocycles. The first kappa shape index (κ1) is 24.0. The highest BCUT2D eigenvalue weighted by molar-refractivity contribution is 14.0. The Kier molecular flexibility index (Phi) is 11.7. The van der Waals surface area contributed by atoms with Crippen LogP contribution in [0.15, 0.2) is 29.3 Å². The maximum Gasteiger partial charge on any atom is 0.191 e. The van der Waals surface area contributed by atoms with Crippen LogP contribution in [0.4, 0.5) is 0 Å². The van der Waals surface area contributed by atoms with Gasteiger partial charge in [-0.2, -0.15) is 0 Å². The van der Waals surface area contributed by atoms with Crippen LogP contribution >= 0.6 is 24.0 Å². The molecule has 3 N–H and O–H groups in total. The molecule has 0 spiro atoms. The molecule has 27 heavy (non-hydrogen) atoms. The largest absolute Gasteiger partial charge is 0.491 e. The van der Waals surface area contributed by atoms with Crippen molar-refractivity contribution in [3.63, 3.8) is 0 Å². The molecular weight excluding hydrogens is 457 g/mol. The molecule has 0 aromatic heterocycles. The Morgan fingerprint density at radius 2 is 2.04 bits per heavy atom. The lowest BCUT2D eigenvalue weighted by Crippen LogP contribution is -2.38. The van der Waals surface area contributed by atoms with E-state index in [0.29, 0.717) is 12.6 Å². The minimum atomic E-state index is -0.642. The highest BCUT2D eigenvalue weighted by atomic mass is 127. The van der Waals surface area contributed by atoms with Crippen molar-refractivity contribution in [2.75, 3.05) is 26.2 Å². The number of rotatable bonds is 9. The van der Waals surface area contributed by atoms with E-state index in [9.17, 15) is 5.11 Å². The van der Waals surface area contributed by atoms with Gasteiger partial charge in [-0.3, -0.25) is 4.99 Å². The Morgan fingerprint density at radius 1 is 1.30 bits per heavy atom. The van der Waals surface area contributed by atoms with Crippen LogP contribution in [0.5, 0.6) is 5.75 Å². The lowest BCUT2D eigenvalue weighted by Gasteiger charge is -2.15. The van der Waals surface area contributed by atoms with Gasteiger partial charge in [0, 0.05) is 19.7 Å². The van der Waals surface area contributed by atoms with Gasteiger partial charge in [-0.15, -0.1) is 24.0 Å². The molecule has 7 heteroatoms. The Morgan fingerprint density at radius 3 is 2.63 bits per heavy atom. The second-order valence-electron chi connectivity index (χ2n) is 6.82. The number of guanidine groups is 1. The quantitative estimate of drug-likeness (QED) is 0.281. The summed E-state index contributed by atoms with van der Waals surface area (Å²) in [5, 5.41) is 16.9. The summed E-state index contributed by atoms with van der Waals surface area (Å²) in [6, 6.07) is 7.53. The SMILES string of the molecule is CCNC(=NCC(O)c1ccc(OC(C)C)cc1)NCCC1CCCO1.I. The monoisotopic (exact) mass is 491 g/mol. The van der Waals surface area contributed by atoms with E-state index in [2.05, 4.69) is 15.6 Å². The predicted molar refractivity (Wildman–Crippen MR) is 120 cm³/mol. The molecular formula is C20H34IN3O3. The third-order valence-corrected chi connectivity index (χ3v) is 4.19. The van der Waals surface area contributed by atoms with E-state index < -0.39 is 6.10 Å². The average molecular weight is 491 g/mol. The Hall–Kier alpha value is -1.06. The molecule has 1 fully saturated rings. The van der Waals surface area contributed by atoms with Gasteiger partial charge < -0.3 is 25.2 Å². The van der Waals surface area contributed by atoms with E-state index in [4.69, 9.17) is 9.47 Å². The first-order chi connectivity index (χ1) is 12.6. The highest BCUT2D eigenvalue weighted by Crippen LogP contribution is 2.19. The van der Waals surface area contributed by atoms with Crippen molar-refractivity contribution in [1.29, 1.82) is 0 Å². The van der Waals surface area contributed by atoms with E-state index in [-0.39, 0.29) is 30.1 Å². The summed E-state index contributed by atoms with van der Waals surface area (Å²) in [6.45, 7) is 8.79. The van der Waals surface area contributed by atoms with Gasteiger partial charge in [0.05, 0.1) is 24.9 Å². The number of halogens is 1. The third kappa shape index (κ3) is 9.12. The number of ether oxygens (including phenoxy) is 2. The fourth-order valence-electron chi connectivity index (χ4n) is 2.89. The molecule has 1 aliphatic rings. The normalized spacial score (nSPS) is 18.1. The molecule has 1 aromatic carbocycles. The Bertz CT molecular complexity index is 546. The summed E-state index contributed by atoms with van der Waals surface area (Å²) >= 11 is 0. The lowest BCUT2D eigenvalue weighted by molar-refractivity contribution is 0.105. The van der Waals surface area contributed by atoms with Crippen LogP contribution in [0.25, 0.3) is 0 Å². The number of hydrogen-bond donors (Lipinski definition) is 3. The van der Waals surface area contributed by atoms with Crippen LogP contribution < -0.4 is 15.4 Å². The molecule has 0 saturated carbocycles. The van der Waals surface area contributed by atoms with Gasteiger partial charge in [-0.25, -0.2) is 0 Å². The summed E-state index contributed by atoms with van der Waals surface area (Å²) in [6.07, 6.45) is 3.14. The number of aliphatic hydroxyl groups is 1. The Labute approximate surface area is 180 Å². The molecule has 1 aromatic rings. The topological polar surface area (TPSA) is 75.1 Å². The summed E-state index contributed by atoms with van der Waals surface area (Å²) in [5.41, 5.74) is 0.833. The minimum absolute atomic E-state index is 0. The molecule has 6 nitrogen and oxygen atoms in total. The first-order valence-electron chi connectivity index (χ1n) is 9.67. The fourth-order valence-corrected chi connectivity index (χ4v) is 2.89. The van der Waals surface area contributed by atoms with Crippen molar-refractivity contribution in [3.05, 3.63) is 29.8 Å². The molecule has 2 atom stereocenters. The van der Waals surface area contributed by atoms with Crippen molar-refractivity contribution in [2.45, 2.75) is 58.3 Å². The van der Waals surface area contributed by atoms with Crippen LogP contribution in [-0.2, 0) is 4.74 Å². The molecule has 0 aliphatic carbocycles. The maximum atomic E-state index is 10.4. The second-order valence-corrected chi connectivity index (χ2v) is 6.82. The van der Waals surface area contributed by atoms with Crippen molar-refractivity contribution in [3.8, 4) is 5.75 Å². The summed E-state index contributed by atoms with van der Waals surface area (Å²) < 4.78 is 11.3. The van der Waals surface area contributed by atoms with E-state index >= 15 is 0 Å². The van der Waals surface area contributed by atoms with Crippen LogP contribution in [0.2, 0.25) is 0 Å². The molecule has 154 valence electrons. The van der Waals surface area contributed by atoms with Gasteiger partial charge in [0.25, 0.3) is 0 Å². The number of nitrogens with zero attached hydrogens (tertiary/aromatic N) is 1. The number of hydrogen-bond acceptors (Lipinski definition) is 4. The average Bonchev–Trinajstić information content (AvgIpc) is 3.13. The third-order valence-electron chi connectivity index (χ3n) is 4.19. The maximum absolute atomic E-state index is 10.4. The zero-order valence-corrected chi connectivity index (χ0v) is 18.9. The van der Waals surface area contributed by atoms with Crippen molar-refractivity contribution >= 4 is 29.9 Å². The zero-order valence-electron chi connectivity index (χ0n) is 16.6. The minimum Gasteiger partial charge on any atom is -0.491 e. The molecule has 0 bridgehead atoms. The number of aliphatic hydroxyl groups excluding tert-OH is 1. The highest BCUT2D eigenvalue weighted by Gasteiger charge is 2.15.